The Morgan fingerprint density at radius 2 is 1.24 bits per heavy atom. The van der Waals surface area contributed by atoms with Gasteiger partial charge in [-0.1, -0.05) is 41.5 Å². The van der Waals surface area contributed by atoms with Gasteiger partial charge in [0.2, 0.25) is 0 Å². The summed E-state index contributed by atoms with van der Waals surface area (Å²) in [7, 11) is -1.85. The molecule has 0 unspecified atom stereocenters. The lowest BCUT2D eigenvalue weighted by molar-refractivity contribution is 0.303. The van der Waals surface area contributed by atoms with Crippen molar-refractivity contribution in [2.24, 2.45) is 0 Å². The van der Waals surface area contributed by atoms with Crippen molar-refractivity contribution in [1.29, 1.82) is 0 Å². The average molecular weight is 307 g/mol. The summed E-state index contributed by atoms with van der Waals surface area (Å²) in [5.41, 5.74) is 1.79. The fraction of sp³-hybridized carbons (Fsp3) is 0.667. The summed E-state index contributed by atoms with van der Waals surface area (Å²) in [5.74, 6) is 1.97. The van der Waals surface area contributed by atoms with Crippen LogP contribution >= 0.6 is 0 Å². The van der Waals surface area contributed by atoms with E-state index >= 15 is 0 Å². The van der Waals surface area contributed by atoms with Crippen molar-refractivity contribution >= 4 is 8.32 Å². The van der Waals surface area contributed by atoms with Gasteiger partial charge in [-0.3, -0.25) is 0 Å². The van der Waals surface area contributed by atoms with Crippen LogP contribution in [0, 0.1) is 0 Å². The van der Waals surface area contributed by atoms with Gasteiger partial charge in [0.1, 0.15) is 11.5 Å². The molecule has 0 atom stereocenters. The van der Waals surface area contributed by atoms with E-state index in [1.165, 1.54) is 12.8 Å². The molecular weight excluding hydrogens is 276 g/mol. The Balaban J connectivity index is 2.15. The van der Waals surface area contributed by atoms with Gasteiger partial charge in [0.15, 0.2) is 0 Å². The molecule has 0 aromatic heterocycles. The van der Waals surface area contributed by atoms with E-state index in [9.17, 15) is 0 Å². The number of hydrogen-bond donors (Lipinski definition) is 0. The first-order chi connectivity index (χ1) is 9.86. The zero-order chi connectivity index (χ0) is 15.6. The largest absolute Gasteiger partial charge is 0.543 e. The molecule has 0 heterocycles. The van der Waals surface area contributed by atoms with E-state index in [4.69, 9.17) is 9.16 Å². The second-order valence-electron chi connectivity index (χ2n) is 7.21. The molecule has 0 amide bonds. The first-order valence-corrected chi connectivity index (χ1v) is 10.5. The van der Waals surface area contributed by atoms with Gasteiger partial charge in [0, 0.05) is 0 Å². The van der Waals surface area contributed by atoms with E-state index in [1.807, 2.05) is 12.1 Å². The van der Waals surface area contributed by atoms with Gasteiger partial charge in [-0.15, -0.1) is 0 Å². The van der Waals surface area contributed by atoms with Gasteiger partial charge in [-0.25, -0.2) is 0 Å². The van der Waals surface area contributed by atoms with Crippen molar-refractivity contribution in [1.82, 2.24) is 0 Å². The van der Waals surface area contributed by atoms with Crippen molar-refractivity contribution in [2.75, 3.05) is 0 Å². The predicted octanol–water partition coefficient (Wildman–Crippen LogP) is 5.78. The summed E-state index contributed by atoms with van der Waals surface area (Å²) >= 11 is 0. The van der Waals surface area contributed by atoms with E-state index in [2.05, 4.69) is 53.7 Å². The highest BCUT2D eigenvalue weighted by molar-refractivity contribution is 6.78. The van der Waals surface area contributed by atoms with Crippen LogP contribution in [0.5, 0.6) is 11.5 Å². The van der Waals surface area contributed by atoms with Crippen molar-refractivity contribution in [3.63, 3.8) is 0 Å². The third kappa shape index (κ3) is 3.63. The van der Waals surface area contributed by atoms with Gasteiger partial charge < -0.3 is 9.16 Å². The molecule has 1 aliphatic rings. The molecule has 118 valence electrons. The molecule has 0 saturated heterocycles. The minimum atomic E-state index is -1.85. The zero-order valence-electron chi connectivity index (χ0n) is 14.3. The molecule has 1 aromatic rings. The SMILES string of the molecule is CC(C)[Si](Oc1ccc(OC2CC2)cc1)(C(C)C)C(C)C. The third-order valence-electron chi connectivity index (χ3n) is 4.65. The second-order valence-corrected chi connectivity index (χ2v) is 12.6. The summed E-state index contributed by atoms with van der Waals surface area (Å²) < 4.78 is 12.5. The van der Waals surface area contributed by atoms with Gasteiger partial charge in [-0.05, 0) is 53.7 Å². The molecule has 21 heavy (non-hydrogen) atoms. The molecule has 1 fully saturated rings. The smallest absolute Gasteiger partial charge is 0.258 e. The maximum Gasteiger partial charge on any atom is 0.258 e. The second kappa shape index (κ2) is 6.43. The Hall–Kier alpha value is -0.963. The van der Waals surface area contributed by atoms with E-state index < -0.39 is 8.32 Å². The highest BCUT2D eigenvalue weighted by Crippen LogP contribution is 2.43. The van der Waals surface area contributed by atoms with E-state index in [0.717, 1.165) is 11.5 Å². The third-order valence-corrected chi connectivity index (χ3v) is 10.7. The topological polar surface area (TPSA) is 18.5 Å². The molecular formula is C18H30O2Si. The molecule has 2 nitrogen and oxygen atoms in total. The van der Waals surface area contributed by atoms with Crippen LogP contribution in [0.4, 0.5) is 0 Å². The first-order valence-electron chi connectivity index (χ1n) is 8.32. The predicted molar refractivity (Wildman–Crippen MR) is 91.8 cm³/mol. The Morgan fingerprint density at radius 3 is 1.62 bits per heavy atom. The van der Waals surface area contributed by atoms with E-state index in [-0.39, 0.29) is 0 Å². The Morgan fingerprint density at radius 1 is 0.810 bits per heavy atom. The van der Waals surface area contributed by atoms with Gasteiger partial charge in [0.25, 0.3) is 8.32 Å². The van der Waals surface area contributed by atoms with Gasteiger partial charge >= 0.3 is 0 Å². The van der Waals surface area contributed by atoms with Gasteiger partial charge in [0.05, 0.1) is 6.10 Å². The Kier molecular flexibility index (Phi) is 5.02. The van der Waals surface area contributed by atoms with Crippen molar-refractivity contribution < 1.29 is 9.16 Å². The van der Waals surface area contributed by atoms with Crippen LogP contribution in [0.1, 0.15) is 54.4 Å². The van der Waals surface area contributed by atoms with Gasteiger partial charge in [-0.2, -0.15) is 0 Å². The first kappa shape index (κ1) is 16.4. The zero-order valence-corrected chi connectivity index (χ0v) is 15.3. The van der Waals surface area contributed by atoms with Crippen molar-refractivity contribution in [2.45, 2.75) is 77.1 Å². The van der Waals surface area contributed by atoms with Crippen LogP contribution < -0.4 is 9.16 Å². The minimum Gasteiger partial charge on any atom is -0.543 e. The highest BCUT2D eigenvalue weighted by atomic mass is 28.4. The molecule has 3 heteroatoms. The summed E-state index contributed by atoms with van der Waals surface area (Å²) in [5, 5.41) is 0. The van der Waals surface area contributed by atoms with Crippen LogP contribution in [0.15, 0.2) is 24.3 Å². The molecule has 0 aliphatic heterocycles. The molecule has 1 aromatic carbocycles. The Bertz CT molecular complexity index is 425. The maximum atomic E-state index is 6.65. The molecule has 0 N–H and O–H groups in total. The van der Waals surface area contributed by atoms with Crippen LogP contribution in [-0.2, 0) is 0 Å². The molecule has 1 saturated carbocycles. The normalized spacial score (nSPS) is 15.9. The summed E-state index contributed by atoms with van der Waals surface area (Å²) in [4.78, 5) is 0. The number of hydrogen-bond acceptors (Lipinski definition) is 2. The van der Waals surface area contributed by atoms with Crippen molar-refractivity contribution in [3.8, 4) is 11.5 Å². The lowest BCUT2D eigenvalue weighted by atomic mass is 10.3. The molecule has 0 bridgehead atoms. The molecule has 0 spiro atoms. The fourth-order valence-electron chi connectivity index (χ4n) is 3.52. The van der Waals surface area contributed by atoms with Crippen LogP contribution in [0.25, 0.3) is 0 Å². The number of ether oxygens (including phenoxy) is 1. The van der Waals surface area contributed by atoms with Crippen LogP contribution in [0.2, 0.25) is 16.6 Å². The van der Waals surface area contributed by atoms with Crippen LogP contribution in [0.3, 0.4) is 0 Å². The van der Waals surface area contributed by atoms with Crippen molar-refractivity contribution in [3.05, 3.63) is 24.3 Å². The maximum absolute atomic E-state index is 6.65. The fourth-order valence-corrected chi connectivity index (χ4v) is 8.77. The summed E-state index contributed by atoms with van der Waals surface area (Å²) in [6.07, 6.45) is 2.84. The molecule has 2 rings (SSSR count). The summed E-state index contributed by atoms with van der Waals surface area (Å²) in [6.45, 7) is 13.9. The lowest BCUT2D eigenvalue weighted by Crippen LogP contribution is -2.50. The summed E-state index contributed by atoms with van der Waals surface area (Å²) in [6, 6.07) is 8.25. The average Bonchev–Trinajstić information content (AvgIpc) is 3.20. The lowest BCUT2D eigenvalue weighted by Gasteiger charge is -2.42. The van der Waals surface area contributed by atoms with E-state index in [0.29, 0.717) is 22.7 Å². The number of benzene rings is 1. The molecule has 0 radical (unpaired) electrons. The standard InChI is InChI=1S/C18H30O2Si/c1-13(2)21(14(3)4,15(5)6)20-18-11-9-17(10-12-18)19-16-7-8-16/h9-16H,7-8H2,1-6H3. The number of rotatable bonds is 7. The Labute approximate surface area is 131 Å². The highest BCUT2D eigenvalue weighted by Gasteiger charge is 2.46. The minimum absolute atomic E-state index is 0.451. The quantitative estimate of drug-likeness (QED) is 0.594. The van der Waals surface area contributed by atoms with Crippen LogP contribution in [-0.4, -0.2) is 14.4 Å². The molecule has 1 aliphatic carbocycles. The van der Waals surface area contributed by atoms with E-state index in [1.54, 1.807) is 0 Å². The monoisotopic (exact) mass is 306 g/mol.